The zero-order valence-electron chi connectivity index (χ0n) is 7.84. The summed E-state index contributed by atoms with van der Waals surface area (Å²) in [4.78, 5) is 11.3. The van der Waals surface area contributed by atoms with Crippen LogP contribution >= 0.6 is 0 Å². The predicted octanol–water partition coefficient (Wildman–Crippen LogP) is 1.08. The quantitative estimate of drug-likeness (QED) is 0.681. The highest BCUT2D eigenvalue weighted by atomic mass is 16.3. The summed E-state index contributed by atoms with van der Waals surface area (Å²) in [6.45, 7) is 5.57. The maximum absolute atomic E-state index is 11.3. The van der Waals surface area contributed by atoms with Gasteiger partial charge in [-0.25, -0.2) is 5.10 Å². The van der Waals surface area contributed by atoms with E-state index >= 15 is 0 Å². The number of nitrogens with one attached hydrogen (secondary N) is 2. The molecule has 1 aromatic heterocycles. The molecular weight excluding hydrogens is 170 g/mol. The molecule has 1 amide bonds. The van der Waals surface area contributed by atoms with Gasteiger partial charge in [-0.15, -0.1) is 0 Å². The van der Waals surface area contributed by atoms with Crippen molar-refractivity contribution < 1.29 is 9.90 Å². The normalized spacial score (nSPS) is 11.3. The molecule has 0 bridgehead atoms. The molecule has 0 saturated heterocycles. The highest BCUT2D eigenvalue weighted by Crippen LogP contribution is 2.07. The number of rotatable bonds is 1. The van der Waals surface area contributed by atoms with Crippen molar-refractivity contribution in [2.45, 2.75) is 26.3 Å². The first-order valence-electron chi connectivity index (χ1n) is 3.93. The Morgan fingerprint density at radius 1 is 1.54 bits per heavy atom. The average molecular weight is 182 g/mol. The number of aromatic amines is 1. The van der Waals surface area contributed by atoms with E-state index in [1.54, 1.807) is 0 Å². The van der Waals surface area contributed by atoms with Crippen LogP contribution in [-0.2, 0) is 5.11 Å². The smallest absolute Gasteiger partial charge is 0.272 e. The summed E-state index contributed by atoms with van der Waals surface area (Å²) in [5.41, 5.74) is -0.195. The third-order valence-electron chi connectivity index (χ3n) is 1.28. The van der Waals surface area contributed by atoms with Gasteiger partial charge in [-0.2, -0.15) is 5.10 Å². The van der Waals surface area contributed by atoms with Crippen LogP contribution in [0.2, 0.25) is 0 Å². The second kappa shape index (κ2) is 3.08. The van der Waals surface area contributed by atoms with Crippen LogP contribution in [0.25, 0.3) is 0 Å². The zero-order chi connectivity index (χ0) is 10.1. The van der Waals surface area contributed by atoms with Crippen LogP contribution < -0.4 is 5.32 Å². The molecule has 0 aliphatic carbocycles. The Morgan fingerprint density at radius 2 is 2.15 bits per heavy atom. The molecule has 0 atom stereocenters. The Labute approximate surface area is 76.2 Å². The molecular formula is C8H12N3O2. The second-order valence-electron chi connectivity index (χ2n) is 3.82. The lowest BCUT2D eigenvalue weighted by Gasteiger charge is -2.19. The molecule has 0 saturated carbocycles. The molecule has 2 N–H and O–H groups in total. The van der Waals surface area contributed by atoms with Gasteiger partial charge in [0.15, 0.2) is 5.69 Å². The van der Waals surface area contributed by atoms with Crippen molar-refractivity contribution in [2.24, 2.45) is 0 Å². The van der Waals surface area contributed by atoms with E-state index in [9.17, 15) is 9.90 Å². The standard InChI is InChI=1S/C8H12N3O2/c1-8(2,3)9-7(13)5-4-6(12)11-10-5/h4H,1-3H3,(H,9,13)(H,10,11). The van der Waals surface area contributed by atoms with Gasteiger partial charge in [0, 0.05) is 11.6 Å². The molecule has 0 aliphatic rings. The van der Waals surface area contributed by atoms with Crippen molar-refractivity contribution in [3.8, 4) is 5.88 Å². The van der Waals surface area contributed by atoms with E-state index in [2.05, 4.69) is 15.5 Å². The van der Waals surface area contributed by atoms with Crippen molar-refractivity contribution in [3.63, 3.8) is 0 Å². The summed E-state index contributed by atoms with van der Waals surface area (Å²) in [6, 6.07) is 1.17. The van der Waals surface area contributed by atoms with Crippen LogP contribution in [-0.4, -0.2) is 21.6 Å². The molecule has 0 fully saturated rings. The van der Waals surface area contributed by atoms with Gasteiger partial charge in [-0.05, 0) is 20.8 Å². The van der Waals surface area contributed by atoms with Crippen molar-refractivity contribution in [3.05, 3.63) is 11.8 Å². The minimum absolute atomic E-state index is 0.125. The summed E-state index contributed by atoms with van der Waals surface area (Å²) in [7, 11) is 0. The summed E-state index contributed by atoms with van der Waals surface area (Å²) >= 11 is 0. The van der Waals surface area contributed by atoms with Gasteiger partial charge in [-0.1, -0.05) is 0 Å². The van der Waals surface area contributed by atoms with Crippen molar-refractivity contribution in [1.82, 2.24) is 15.5 Å². The number of hydrogen-bond donors (Lipinski definition) is 2. The molecule has 13 heavy (non-hydrogen) atoms. The molecule has 1 rings (SSSR count). The van der Waals surface area contributed by atoms with E-state index in [1.807, 2.05) is 20.8 Å². The minimum atomic E-state index is -0.362. The van der Waals surface area contributed by atoms with E-state index in [4.69, 9.17) is 0 Å². The summed E-state index contributed by atoms with van der Waals surface area (Å²) in [5.74, 6) is -0.704. The fourth-order valence-corrected chi connectivity index (χ4v) is 0.825. The Bertz CT molecular complexity index is 311. The van der Waals surface area contributed by atoms with Crippen LogP contribution in [0.3, 0.4) is 0 Å². The first-order chi connectivity index (χ1) is 5.88. The van der Waals surface area contributed by atoms with E-state index in [1.165, 1.54) is 6.07 Å². The number of carbonyl (C=O) groups excluding carboxylic acids is 1. The lowest BCUT2D eigenvalue weighted by molar-refractivity contribution is 0.0914. The van der Waals surface area contributed by atoms with Gasteiger partial charge in [-0.3, -0.25) is 9.90 Å². The molecule has 0 spiro atoms. The van der Waals surface area contributed by atoms with Crippen LogP contribution in [0.5, 0.6) is 5.88 Å². The average Bonchev–Trinajstić information content (AvgIpc) is 2.31. The van der Waals surface area contributed by atoms with Crippen molar-refractivity contribution >= 4 is 5.91 Å². The highest BCUT2D eigenvalue weighted by molar-refractivity contribution is 5.92. The number of H-pyrrole nitrogens is 1. The fourth-order valence-electron chi connectivity index (χ4n) is 0.825. The molecule has 5 nitrogen and oxygen atoms in total. The SMILES string of the molecule is CC(C)(C)NC(=O)c1cc([O])[nH]n1. The van der Waals surface area contributed by atoms with Crippen molar-refractivity contribution in [2.75, 3.05) is 0 Å². The second-order valence-corrected chi connectivity index (χ2v) is 3.82. The maximum atomic E-state index is 11.3. The van der Waals surface area contributed by atoms with Gasteiger partial charge < -0.3 is 5.32 Å². The van der Waals surface area contributed by atoms with Crippen LogP contribution in [0, 0.1) is 0 Å². The molecule has 1 heterocycles. The largest absolute Gasteiger partial charge is 0.346 e. The first-order valence-corrected chi connectivity index (χ1v) is 3.93. The maximum Gasteiger partial charge on any atom is 0.272 e. The third-order valence-corrected chi connectivity index (χ3v) is 1.28. The minimum Gasteiger partial charge on any atom is -0.346 e. The lowest BCUT2D eigenvalue weighted by Crippen LogP contribution is -2.40. The topological polar surface area (TPSA) is 77.7 Å². The van der Waals surface area contributed by atoms with Crippen LogP contribution in [0.4, 0.5) is 0 Å². The van der Waals surface area contributed by atoms with E-state index in [-0.39, 0.29) is 23.0 Å². The monoisotopic (exact) mass is 182 g/mol. The lowest BCUT2D eigenvalue weighted by atomic mass is 10.1. The first kappa shape index (κ1) is 9.57. The van der Waals surface area contributed by atoms with Gasteiger partial charge in [0.2, 0.25) is 0 Å². The summed E-state index contributed by atoms with van der Waals surface area (Å²) in [5, 5.41) is 19.1. The Kier molecular flexibility index (Phi) is 2.27. The summed E-state index contributed by atoms with van der Waals surface area (Å²) in [6.07, 6.45) is 0. The van der Waals surface area contributed by atoms with Gasteiger partial charge in [0.1, 0.15) is 0 Å². The van der Waals surface area contributed by atoms with E-state index in [0.29, 0.717) is 0 Å². The van der Waals surface area contributed by atoms with E-state index in [0.717, 1.165) is 0 Å². The molecule has 0 aromatic carbocycles. The zero-order valence-corrected chi connectivity index (χ0v) is 7.84. The Morgan fingerprint density at radius 3 is 2.54 bits per heavy atom. The number of amides is 1. The van der Waals surface area contributed by atoms with Gasteiger partial charge in [0.05, 0.1) is 0 Å². The predicted molar refractivity (Wildman–Crippen MR) is 45.9 cm³/mol. The van der Waals surface area contributed by atoms with Crippen LogP contribution in [0.15, 0.2) is 6.07 Å². The molecule has 1 aromatic rings. The van der Waals surface area contributed by atoms with Gasteiger partial charge >= 0.3 is 0 Å². The fraction of sp³-hybridized carbons (Fsp3) is 0.500. The van der Waals surface area contributed by atoms with Gasteiger partial charge in [0.25, 0.3) is 11.8 Å². The highest BCUT2D eigenvalue weighted by Gasteiger charge is 2.17. The molecule has 0 unspecified atom stereocenters. The van der Waals surface area contributed by atoms with Crippen molar-refractivity contribution in [1.29, 1.82) is 0 Å². The Hall–Kier alpha value is -1.52. The Balaban J connectivity index is 2.70. The molecule has 1 radical (unpaired) electrons. The number of hydrogen-bond acceptors (Lipinski definition) is 2. The molecule has 5 heteroatoms. The third kappa shape index (κ3) is 2.77. The van der Waals surface area contributed by atoms with E-state index < -0.39 is 0 Å². The summed E-state index contributed by atoms with van der Waals surface area (Å²) < 4.78 is 0. The number of aromatic nitrogens is 2. The number of carbonyl (C=O) groups is 1. The number of nitrogens with zero attached hydrogens (tertiary/aromatic N) is 1. The van der Waals surface area contributed by atoms with Crippen LogP contribution in [0.1, 0.15) is 31.3 Å². The molecule has 71 valence electrons. The molecule has 0 aliphatic heterocycles.